The predicted octanol–water partition coefficient (Wildman–Crippen LogP) is 1.99. The van der Waals surface area contributed by atoms with Crippen LogP contribution in [0.5, 0.6) is 0 Å². The van der Waals surface area contributed by atoms with E-state index in [1.807, 2.05) is 0 Å². The molecule has 0 amide bonds. The monoisotopic (exact) mass is 225 g/mol. The van der Waals surface area contributed by atoms with E-state index in [2.05, 4.69) is 10.4 Å². The molecule has 80 valence electrons. The molecule has 0 aromatic carbocycles. The van der Waals surface area contributed by atoms with E-state index in [1.165, 1.54) is 11.3 Å². The van der Waals surface area contributed by atoms with Gasteiger partial charge in [0, 0.05) is 11.8 Å². The third-order valence-corrected chi connectivity index (χ3v) is 2.33. The Balaban J connectivity index is 2.49. The highest BCUT2D eigenvalue weighted by Gasteiger charge is 2.28. The molecule has 0 spiro atoms. The summed E-state index contributed by atoms with van der Waals surface area (Å²) in [6.45, 7) is 0. The minimum atomic E-state index is -4.15. The van der Waals surface area contributed by atoms with Crippen LogP contribution in [0.4, 0.5) is 13.2 Å². The van der Waals surface area contributed by atoms with E-state index in [4.69, 9.17) is 5.84 Å². The first-order chi connectivity index (χ1) is 6.53. The molecule has 0 saturated carbocycles. The smallest absolute Gasteiger partial charge is 0.271 e. The van der Waals surface area contributed by atoms with Gasteiger partial charge >= 0.3 is 6.18 Å². The van der Waals surface area contributed by atoms with Gasteiger partial charge in [0.05, 0.1) is 17.2 Å². The summed E-state index contributed by atoms with van der Waals surface area (Å²) >= 11 is 1.33. The Hall–Kier alpha value is -0.660. The van der Waals surface area contributed by atoms with Crippen molar-refractivity contribution in [3.05, 3.63) is 16.6 Å². The van der Waals surface area contributed by atoms with Crippen LogP contribution in [0, 0.1) is 0 Å². The van der Waals surface area contributed by atoms with Gasteiger partial charge in [-0.2, -0.15) is 13.2 Å². The van der Waals surface area contributed by atoms with Gasteiger partial charge in [0.2, 0.25) is 0 Å². The van der Waals surface area contributed by atoms with E-state index in [0.717, 1.165) is 0 Å². The molecule has 1 aromatic rings. The van der Waals surface area contributed by atoms with E-state index in [1.54, 1.807) is 10.9 Å². The highest BCUT2D eigenvalue weighted by Crippen LogP contribution is 2.26. The van der Waals surface area contributed by atoms with Crippen molar-refractivity contribution in [3.8, 4) is 0 Å². The number of rotatable bonds is 4. The lowest BCUT2D eigenvalue weighted by Gasteiger charge is -2.14. The average molecular weight is 225 g/mol. The number of alkyl halides is 3. The minimum absolute atomic E-state index is 0.0935. The number of nitrogens with zero attached hydrogens (tertiary/aromatic N) is 1. The maximum atomic E-state index is 11.9. The van der Waals surface area contributed by atoms with E-state index < -0.39 is 18.6 Å². The van der Waals surface area contributed by atoms with Gasteiger partial charge in [-0.1, -0.05) is 0 Å². The summed E-state index contributed by atoms with van der Waals surface area (Å²) in [5.74, 6) is 5.14. The van der Waals surface area contributed by atoms with E-state index in [0.29, 0.717) is 5.69 Å². The lowest BCUT2D eigenvalue weighted by molar-refractivity contribution is -0.136. The molecule has 0 radical (unpaired) electrons. The average Bonchev–Trinajstić information content (AvgIpc) is 2.56. The van der Waals surface area contributed by atoms with Crippen LogP contribution >= 0.6 is 11.3 Å². The molecule has 3 nitrogen and oxygen atoms in total. The summed E-state index contributed by atoms with van der Waals surface area (Å²) in [5, 5.41) is 1.68. The molecule has 7 heteroatoms. The van der Waals surface area contributed by atoms with Gasteiger partial charge in [-0.15, -0.1) is 11.3 Å². The largest absolute Gasteiger partial charge is 0.389 e. The van der Waals surface area contributed by atoms with Crippen LogP contribution in [-0.4, -0.2) is 11.2 Å². The zero-order valence-electron chi connectivity index (χ0n) is 7.21. The zero-order valence-corrected chi connectivity index (χ0v) is 8.03. The third kappa shape index (κ3) is 3.60. The van der Waals surface area contributed by atoms with Gasteiger partial charge in [-0.3, -0.25) is 11.3 Å². The van der Waals surface area contributed by atoms with Crippen molar-refractivity contribution in [1.82, 2.24) is 10.4 Å². The lowest BCUT2D eigenvalue weighted by Crippen LogP contribution is -2.29. The van der Waals surface area contributed by atoms with Crippen molar-refractivity contribution in [1.29, 1.82) is 0 Å². The molecule has 0 aliphatic rings. The Labute approximate surface area is 83.1 Å². The van der Waals surface area contributed by atoms with Crippen molar-refractivity contribution in [2.24, 2.45) is 5.84 Å². The van der Waals surface area contributed by atoms with Crippen molar-refractivity contribution in [3.63, 3.8) is 0 Å². The van der Waals surface area contributed by atoms with E-state index in [-0.39, 0.29) is 6.42 Å². The van der Waals surface area contributed by atoms with Gasteiger partial charge in [0.15, 0.2) is 0 Å². The molecule has 1 atom stereocenters. The number of hydrogen-bond donors (Lipinski definition) is 2. The van der Waals surface area contributed by atoms with Crippen LogP contribution in [-0.2, 0) is 0 Å². The van der Waals surface area contributed by atoms with Crippen LogP contribution in [0.25, 0.3) is 0 Å². The van der Waals surface area contributed by atoms with Crippen molar-refractivity contribution in [2.45, 2.75) is 25.1 Å². The first-order valence-electron chi connectivity index (χ1n) is 3.94. The molecule has 0 aliphatic heterocycles. The summed E-state index contributed by atoms with van der Waals surface area (Å²) in [4.78, 5) is 3.90. The number of hydrogen-bond acceptors (Lipinski definition) is 4. The van der Waals surface area contributed by atoms with Crippen LogP contribution in [0.2, 0.25) is 0 Å². The molecule has 1 aromatic heterocycles. The fraction of sp³-hybridized carbons (Fsp3) is 0.571. The predicted molar refractivity (Wildman–Crippen MR) is 47.5 cm³/mol. The molecule has 0 aliphatic carbocycles. The van der Waals surface area contributed by atoms with Gasteiger partial charge in [0.25, 0.3) is 0 Å². The minimum Gasteiger partial charge on any atom is -0.271 e. The Bertz CT molecular complexity index is 260. The van der Waals surface area contributed by atoms with Gasteiger partial charge in [-0.25, -0.2) is 4.98 Å². The lowest BCUT2D eigenvalue weighted by atomic mass is 10.1. The fourth-order valence-corrected chi connectivity index (χ4v) is 1.63. The number of aromatic nitrogens is 1. The number of hydrazine groups is 1. The molecule has 1 heterocycles. The Morgan fingerprint density at radius 3 is 2.71 bits per heavy atom. The van der Waals surface area contributed by atoms with Gasteiger partial charge in [0.1, 0.15) is 0 Å². The normalized spacial score (nSPS) is 14.3. The quantitative estimate of drug-likeness (QED) is 0.608. The SMILES string of the molecule is NNC(CCC(F)(F)F)c1cscn1. The molecule has 1 rings (SSSR count). The fourth-order valence-electron chi connectivity index (χ4n) is 1.02. The van der Waals surface area contributed by atoms with Crippen LogP contribution in [0.15, 0.2) is 10.9 Å². The first kappa shape index (κ1) is 11.4. The Morgan fingerprint density at radius 1 is 1.57 bits per heavy atom. The maximum absolute atomic E-state index is 11.9. The highest BCUT2D eigenvalue weighted by molar-refractivity contribution is 7.07. The van der Waals surface area contributed by atoms with Crippen LogP contribution < -0.4 is 11.3 Å². The molecule has 14 heavy (non-hydrogen) atoms. The molecule has 0 bridgehead atoms. The zero-order chi connectivity index (χ0) is 10.6. The summed E-state index contributed by atoms with van der Waals surface area (Å²) in [6, 6.07) is -0.525. The molecule has 0 saturated heterocycles. The summed E-state index contributed by atoms with van der Waals surface area (Å²) < 4.78 is 35.7. The standard InChI is InChI=1S/C7H10F3N3S/c8-7(9,10)2-1-5(13-11)6-3-14-4-12-6/h3-5,13H,1-2,11H2. The molecular weight excluding hydrogens is 215 g/mol. The molecule has 3 N–H and O–H groups in total. The summed E-state index contributed by atoms with van der Waals surface area (Å²) in [7, 11) is 0. The number of nitrogens with one attached hydrogen (secondary N) is 1. The number of nitrogens with two attached hydrogens (primary N) is 1. The Morgan fingerprint density at radius 2 is 2.29 bits per heavy atom. The summed E-state index contributed by atoms with van der Waals surface area (Å²) in [5.41, 5.74) is 4.44. The van der Waals surface area contributed by atoms with Gasteiger partial charge < -0.3 is 0 Å². The number of thiazole rings is 1. The van der Waals surface area contributed by atoms with Crippen molar-refractivity contribution >= 4 is 11.3 Å². The second-order valence-electron chi connectivity index (χ2n) is 2.79. The second-order valence-corrected chi connectivity index (χ2v) is 3.51. The molecular formula is C7H10F3N3S. The highest BCUT2D eigenvalue weighted by atomic mass is 32.1. The van der Waals surface area contributed by atoms with Gasteiger partial charge in [-0.05, 0) is 6.42 Å². The maximum Gasteiger partial charge on any atom is 0.389 e. The number of halogens is 3. The van der Waals surface area contributed by atoms with Crippen molar-refractivity contribution < 1.29 is 13.2 Å². The summed E-state index contributed by atoms with van der Waals surface area (Å²) in [6.07, 6.45) is -5.10. The molecule has 0 fully saturated rings. The Kier molecular flexibility index (Phi) is 3.85. The van der Waals surface area contributed by atoms with Crippen LogP contribution in [0.3, 0.4) is 0 Å². The second kappa shape index (κ2) is 4.72. The van der Waals surface area contributed by atoms with Crippen molar-refractivity contribution in [2.75, 3.05) is 0 Å². The topological polar surface area (TPSA) is 50.9 Å². The van der Waals surface area contributed by atoms with E-state index >= 15 is 0 Å². The van der Waals surface area contributed by atoms with E-state index in [9.17, 15) is 13.2 Å². The first-order valence-corrected chi connectivity index (χ1v) is 4.88. The third-order valence-electron chi connectivity index (χ3n) is 1.73. The molecule has 1 unspecified atom stereocenters. The van der Waals surface area contributed by atoms with Crippen LogP contribution in [0.1, 0.15) is 24.6 Å².